The molecule has 2 N–H and O–H groups in total. The maximum absolute atomic E-state index is 10.9. The fraction of sp³-hybridized carbons (Fsp3) is 0.667. The topological polar surface area (TPSA) is 41.1 Å². The number of carbonyl (C=O) groups is 1. The molecule has 0 fully saturated rings. The van der Waals surface area contributed by atoms with Crippen LogP contribution < -0.4 is 10.6 Å². The van der Waals surface area contributed by atoms with Crippen LogP contribution in [-0.2, 0) is 4.79 Å². The molecule has 0 aliphatic carbocycles. The molecule has 0 bridgehead atoms. The van der Waals surface area contributed by atoms with Crippen LogP contribution in [0, 0.1) is 0 Å². The quantitative estimate of drug-likeness (QED) is 0.600. The molecule has 1 aliphatic rings. The lowest BCUT2D eigenvalue weighted by atomic mass is 10.1. The summed E-state index contributed by atoms with van der Waals surface area (Å²) >= 11 is 0. The van der Waals surface area contributed by atoms with Crippen LogP contribution in [0.3, 0.4) is 0 Å². The Balaban J connectivity index is 2.21. The molecule has 0 spiro atoms. The van der Waals surface area contributed by atoms with E-state index in [0.717, 1.165) is 26.1 Å². The molecule has 3 heteroatoms. The van der Waals surface area contributed by atoms with Gasteiger partial charge in [0.1, 0.15) is 0 Å². The lowest BCUT2D eigenvalue weighted by molar-refractivity contribution is -0.120. The van der Waals surface area contributed by atoms with E-state index in [1.54, 1.807) is 0 Å². The Labute approximate surface area is 73.2 Å². The predicted octanol–water partition coefficient (Wildman–Crippen LogP) is 0.432. The lowest BCUT2D eigenvalue weighted by Gasteiger charge is -2.14. The van der Waals surface area contributed by atoms with Gasteiger partial charge < -0.3 is 10.6 Å². The van der Waals surface area contributed by atoms with E-state index in [9.17, 15) is 4.79 Å². The summed E-state index contributed by atoms with van der Waals surface area (Å²) in [5.74, 6) is 0.134. The van der Waals surface area contributed by atoms with Crippen molar-refractivity contribution in [3.63, 3.8) is 0 Å². The van der Waals surface area contributed by atoms with Crippen LogP contribution in [0.4, 0.5) is 0 Å². The van der Waals surface area contributed by atoms with Gasteiger partial charge >= 0.3 is 0 Å². The summed E-state index contributed by atoms with van der Waals surface area (Å²) in [4.78, 5) is 10.9. The average Bonchev–Trinajstić information content (AvgIpc) is 2.16. The largest absolute Gasteiger partial charge is 0.352 e. The number of rotatable bonds is 3. The molecule has 0 radical (unpaired) electrons. The normalized spacial score (nSPS) is 16.9. The van der Waals surface area contributed by atoms with E-state index in [1.165, 1.54) is 5.57 Å². The standard InChI is InChI=1S/C9H16N2O/c1-2-9(12)11-7-8-3-5-10-6-4-8/h3,10H,2,4-7H2,1H3,(H,11,12). The second kappa shape index (κ2) is 4.93. The summed E-state index contributed by atoms with van der Waals surface area (Å²) in [6.07, 6.45) is 3.79. The molecule has 0 atom stereocenters. The first-order chi connectivity index (χ1) is 5.83. The third-order valence-corrected chi connectivity index (χ3v) is 1.99. The second-order valence-electron chi connectivity index (χ2n) is 2.95. The second-order valence-corrected chi connectivity index (χ2v) is 2.95. The smallest absolute Gasteiger partial charge is 0.219 e. The molecule has 68 valence electrons. The van der Waals surface area contributed by atoms with Crippen molar-refractivity contribution in [2.45, 2.75) is 19.8 Å². The van der Waals surface area contributed by atoms with Gasteiger partial charge in [0.15, 0.2) is 0 Å². The maximum Gasteiger partial charge on any atom is 0.219 e. The average molecular weight is 168 g/mol. The Morgan fingerprint density at radius 3 is 3.17 bits per heavy atom. The van der Waals surface area contributed by atoms with Crippen LogP contribution >= 0.6 is 0 Å². The molecule has 12 heavy (non-hydrogen) atoms. The van der Waals surface area contributed by atoms with E-state index >= 15 is 0 Å². The Hall–Kier alpha value is -0.830. The molecule has 0 saturated carbocycles. The summed E-state index contributed by atoms with van der Waals surface area (Å²) in [7, 11) is 0. The highest BCUT2D eigenvalue weighted by molar-refractivity contribution is 5.75. The molecule has 0 aromatic heterocycles. The highest BCUT2D eigenvalue weighted by Gasteiger charge is 2.03. The molecule has 1 rings (SSSR count). The van der Waals surface area contributed by atoms with Gasteiger partial charge in [-0.1, -0.05) is 18.6 Å². The summed E-state index contributed by atoms with van der Waals surface area (Å²) < 4.78 is 0. The van der Waals surface area contributed by atoms with Gasteiger partial charge in [-0.2, -0.15) is 0 Å². The van der Waals surface area contributed by atoms with Gasteiger partial charge in [0.05, 0.1) is 0 Å². The number of amides is 1. The molecular weight excluding hydrogens is 152 g/mol. The molecule has 0 unspecified atom stereocenters. The van der Waals surface area contributed by atoms with E-state index in [1.807, 2.05) is 6.92 Å². The summed E-state index contributed by atoms with van der Waals surface area (Å²) in [5.41, 5.74) is 1.34. The van der Waals surface area contributed by atoms with Gasteiger partial charge in [-0.3, -0.25) is 4.79 Å². The molecule has 1 aliphatic heterocycles. The van der Waals surface area contributed by atoms with Crippen molar-refractivity contribution in [1.29, 1.82) is 0 Å². The van der Waals surface area contributed by atoms with Crippen molar-refractivity contribution in [2.24, 2.45) is 0 Å². The summed E-state index contributed by atoms with van der Waals surface area (Å²) in [5, 5.41) is 6.09. The molecule has 1 heterocycles. The molecule has 0 aromatic rings. The van der Waals surface area contributed by atoms with Crippen LogP contribution in [0.15, 0.2) is 11.6 Å². The Morgan fingerprint density at radius 1 is 1.75 bits per heavy atom. The van der Waals surface area contributed by atoms with Gasteiger partial charge in [0, 0.05) is 19.5 Å². The van der Waals surface area contributed by atoms with Crippen LogP contribution in [0.2, 0.25) is 0 Å². The predicted molar refractivity (Wildman–Crippen MR) is 48.9 cm³/mol. The molecular formula is C9H16N2O. The summed E-state index contributed by atoms with van der Waals surface area (Å²) in [6, 6.07) is 0. The highest BCUT2D eigenvalue weighted by atomic mass is 16.1. The molecule has 3 nitrogen and oxygen atoms in total. The third-order valence-electron chi connectivity index (χ3n) is 1.99. The van der Waals surface area contributed by atoms with Gasteiger partial charge in [-0.15, -0.1) is 0 Å². The first-order valence-electron chi connectivity index (χ1n) is 4.48. The highest BCUT2D eigenvalue weighted by Crippen LogP contribution is 2.01. The van der Waals surface area contributed by atoms with Gasteiger partial charge in [0.25, 0.3) is 0 Å². The van der Waals surface area contributed by atoms with Crippen molar-refractivity contribution >= 4 is 5.91 Å². The van der Waals surface area contributed by atoms with E-state index in [-0.39, 0.29) is 5.91 Å². The fourth-order valence-corrected chi connectivity index (χ4v) is 1.17. The van der Waals surface area contributed by atoms with E-state index in [4.69, 9.17) is 0 Å². The third kappa shape index (κ3) is 3.05. The zero-order valence-corrected chi connectivity index (χ0v) is 7.52. The zero-order chi connectivity index (χ0) is 8.81. The van der Waals surface area contributed by atoms with Crippen LogP contribution in [0.25, 0.3) is 0 Å². The van der Waals surface area contributed by atoms with Crippen LogP contribution in [-0.4, -0.2) is 25.5 Å². The maximum atomic E-state index is 10.9. The number of nitrogens with one attached hydrogen (secondary N) is 2. The van der Waals surface area contributed by atoms with Crippen LogP contribution in [0.1, 0.15) is 19.8 Å². The lowest BCUT2D eigenvalue weighted by Crippen LogP contribution is -2.29. The fourth-order valence-electron chi connectivity index (χ4n) is 1.17. The number of carbonyl (C=O) groups excluding carboxylic acids is 1. The van der Waals surface area contributed by atoms with Gasteiger partial charge in [-0.05, 0) is 13.0 Å². The Kier molecular flexibility index (Phi) is 3.80. The Morgan fingerprint density at radius 2 is 2.58 bits per heavy atom. The first-order valence-corrected chi connectivity index (χ1v) is 4.48. The van der Waals surface area contributed by atoms with Gasteiger partial charge in [0.2, 0.25) is 5.91 Å². The van der Waals surface area contributed by atoms with E-state index in [0.29, 0.717) is 6.42 Å². The van der Waals surface area contributed by atoms with Crippen molar-refractivity contribution in [3.8, 4) is 0 Å². The SMILES string of the molecule is CCC(=O)NCC1=CCNCC1. The minimum Gasteiger partial charge on any atom is -0.352 e. The van der Waals surface area contributed by atoms with Gasteiger partial charge in [-0.25, -0.2) is 0 Å². The zero-order valence-electron chi connectivity index (χ0n) is 7.52. The minimum atomic E-state index is 0.134. The molecule has 0 saturated heterocycles. The minimum absolute atomic E-state index is 0.134. The van der Waals surface area contributed by atoms with E-state index in [2.05, 4.69) is 16.7 Å². The van der Waals surface area contributed by atoms with Crippen molar-refractivity contribution in [2.75, 3.05) is 19.6 Å². The first kappa shape index (κ1) is 9.26. The number of hydrogen-bond acceptors (Lipinski definition) is 2. The van der Waals surface area contributed by atoms with Crippen molar-refractivity contribution < 1.29 is 4.79 Å². The Bertz CT molecular complexity index is 187. The summed E-state index contributed by atoms with van der Waals surface area (Å²) in [6.45, 7) is 4.58. The van der Waals surface area contributed by atoms with E-state index < -0.39 is 0 Å². The van der Waals surface area contributed by atoms with Crippen molar-refractivity contribution in [1.82, 2.24) is 10.6 Å². The monoisotopic (exact) mass is 168 g/mol. The van der Waals surface area contributed by atoms with Crippen LogP contribution in [0.5, 0.6) is 0 Å². The van der Waals surface area contributed by atoms with Crippen molar-refractivity contribution in [3.05, 3.63) is 11.6 Å². The molecule has 0 aromatic carbocycles. The number of hydrogen-bond donors (Lipinski definition) is 2. The molecule has 1 amide bonds.